The molecule has 1 aliphatic rings. The van der Waals surface area contributed by atoms with E-state index < -0.39 is 0 Å². The highest BCUT2D eigenvalue weighted by atomic mass is 19.1. The highest BCUT2D eigenvalue weighted by molar-refractivity contribution is 5.77. The lowest BCUT2D eigenvalue weighted by Crippen LogP contribution is -2.36. The molecule has 2 aromatic heterocycles. The SMILES string of the molecule is O=c1c2ccc(F)cc2ncn1CC1CCN(c2cnccn2)CC1. The first-order valence-corrected chi connectivity index (χ1v) is 8.36. The van der Waals surface area contributed by atoms with Crippen molar-refractivity contribution in [1.29, 1.82) is 0 Å². The first-order chi connectivity index (χ1) is 12.2. The number of hydrogen-bond acceptors (Lipinski definition) is 5. The summed E-state index contributed by atoms with van der Waals surface area (Å²) in [6.07, 6.45) is 8.62. The minimum Gasteiger partial charge on any atom is -0.355 e. The molecule has 3 aromatic rings. The van der Waals surface area contributed by atoms with Gasteiger partial charge in [-0.05, 0) is 30.9 Å². The van der Waals surface area contributed by atoms with Crippen molar-refractivity contribution in [3.05, 3.63) is 59.3 Å². The van der Waals surface area contributed by atoms with Crippen LogP contribution in [0.15, 0.2) is 47.9 Å². The van der Waals surface area contributed by atoms with Crippen molar-refractivity contribution in [2.24, 2.45) is 5.92 Å². The van der Waals surface area contributed by atoms with Gasteiger partial charge < -0.3 is 4.90 Å². The van der Waals surface area contributed by atoms with E-state index in [-0.39, 0.29) is 11.4 Å². The average molecular weight is 339 g/mol. The van der Waals surface area contributed by atoms with Gasteiger partial charge in [-0.25, -0.2) is 14.4 Å². The van der Waals surface area contributed by atoms with Crippen LogP contribution in [0.1, 0.15) is 12.8 Å². The summed E-state index contributed by atoms with van der Waals surface area (Å²) < 4.78 is 14.9. The number of rotatable bonds is 3. The lowest BCUT2D eigenvalue weighted by atomic mass is 9.96. The Balaban J connectivity index is 1.47. The molecule has 0 saturated carbocycles. The Kier molecular flexibility index (Phi) is 4.13. The number of nitrogens with zero attached hydrogens (tertiary/aromatic N) is 5. The molecule has 1 aromatic carbocycles. The predicted molar refractivity (Wildman–Crippen MR) is 92.9 cm³/mol. The van der Waals surface area contributed by atoms with Crippen molar-refractivity contribution < 1.29 is 4.39 Å². The van der Waals surface area contributed by atoms with Crippen LogP contribution in [0.5, 0.6) is 0 Å². The van der Waals surface area contributed by atoms with Gasteiger partial charge in [-0.1, -0.05) is 0 Å². The summed E-state index contributed by atoms with van der Waals surface area (Å²) in [6.45, 7) is 2.42. The zero-order valence-corrected chi connectivity index (χ0v) is 13.7. The normalized spacial score (nSPS) is 15.6. The summed E-state index contributed by atoms with van der Waals surface area (Å²) in [6, 6.07) is 4.10. The van der Waals surface area contributed by atoms with Crippen LogP contribution in [0.2, 0.25) is 0 Å². The lowest BCUT2D eigenvalue weighted by Gasteiger charge is -2.32. The number of fused-ring (bicyclic) bond motifs is 1. The van der Waals surface area contributed by atoms with Crippen LogP contribution in [0.25, 0.3) is 10.9 Å². The van der Waals surface area contributed by atoms with Gasteiger partial charge in [0.2, 0.25) is 0 Å². The fourth-order valence-corrected chi connectivity index (χ4v) is 3.34. The van der Waals surface area contributed by atoms with Crippen molar-refractivity contribution in [2.75, 3.05) is 18.0 Å². The van der Waals surface area contributed by atoms with E-state index in [0.717, 1.165) is 31.7 Å². The maximum absolute atomic E-state index is 13.3. The second-order valence-electron chi connectivity index (χ2n) is 6.36. The monoisotopic (exact) mass is 339 g/mol. The molecule has 0 amide bonds. The Morgan fingerprint density at radius 2 is 2.00 bits per heavy atom. The van der Waals surface area contributed by atoms with Crippen molar-refractivity contribution >= 4 is 16.7 Å². The molecule has 0 bridgehead atoms. The summed E-state index contributed by atoms with van der Waals surface area (Å²) >= 11 is 0. The van der Waals surface area contributed by atoms with E-state index >= 15 is 0 Å². The second kappa shape index (κ2) is 6.58. The van der Waals surface area contributed by atoms with Crippen LogP contribution in [-0.4, -0.2) is 32.6 Å². The summed E-state index contributed by atoms with van der Waals surface area (Å²) in [5.74, 6) is 0.923. The van der Waals surface area contributed by atoms with Gasteiger partial charge in [0.25, 0.3) is 5.56 Å². The molecule has 6 nitrogen and oxygen atoms in total. The van der Waals surface area contributed by atoms with E-state index in [1.807, 2.05) is 0 Å². The summed E-state index contributed by atoms with van der Waals surface area (Å²) in [7, 11) is 0. The van der Waals surface area contributed by atoms with Gasteiger partial charge in [0.1, 0.15) is 11.6 Å². The van der Waals surface area contributed by atoms with Gasteiger partial charge >= 0.3 is 0 Å². The van der Waals surface area contributed by atoms with Gasteiger partial charge in [0, 0.05) is 38.1 Å². The van der Waals surface area contributed by atoms with Gasteiger partial charge in [-0.3, -0.25) is 14.3 Å². The molecular formula is C18H18FN5O. The molecule has 1 aliphatic heterocycles. The van der Waals surface area contributed by atoms with Crippen LogP contribution in [0.3, 0.4) is 0 Å². The van der Waals surface area contributed by atoms with Crippen molar-refractivity contribution in [1.82, 2.24) is 19.5 Å². The van der Waals surface area contributed by atoms with E-state index in [1.165, 1.54) is 24.5 Å². The Hall–Kier alpha value is -2.83. The summed E-state index contributed by atoms with van der Waals surface area (Å²) in [4.78, 5) is 27.5. The van der Waals surface area contributed by atoms with E-state index in [0.29, 0.717) is 23.4 Å². The molecule has 128 valence electrons. The summed E-state index contributed by atoms with van der Waals surface area (Å²) in [5, 5.41) is 0.459. The third-order valence-electron chi connectivity index (χ3n) is 4.73. The molecule has 0 atom stereocenters. The van der Waals surface area contributed by atoms with Crippen LogP contribution in [-0.2, 0) is 6.54 Å². The smallest absolute Gasteiger partial charge is 0.261 e. The Bertz CT molecular complexity index is 935. The molecule has 0 N–H and O–H groups in total. The molecule has 1 fully saturated rings. The quantitative estimate of drug-likeness (QED) is 0.732. The Labute approximate surface area is 144 Å². The third kappa shape index (κ3) is 3.22. The van der Waals surface area contributed by atoms with Crippen LogP contribution in [0, 0.1) is 11.7 Å². The minimum atomic E-state index is -0.381. The molecule has 0 spiro atoms. The average Bonchev–Trinajstić information content (AvgIpc) is 2.65. The molecule has 1 saturated heterocycles. The first-order valence-electron chi connectivity index (χ1n) is 8.36. The number of benzene rings is 1. The molecular weight excluding hydrogens is 321 g/mol. The fourth-order valence-electron chi connectivity index (χ4n) is 3.34. The van der Waals surface area contributed by atoms with E-state index in [1.54, 1.807) is 23.2 Å². The number of aromatic nitrogens is 4. The molecule has 25 heavy (non-hydrogen) atoms. The first kappa shape index (κ1) is 15.7. The van der Waals surface area contributed by atoms with Crippen LogP contribution in [0.4, 0.5) is 10.2 Å². The van der Waals surface area contributed by atoms with E-state index in [9.17, 15) is 9.18 Å². The zero-order chi connectivity index (χ0) is 17.2. The van der Waals surface area contributed by atoms with Gasteiger partial charge in [-0.2, -0.15) is 0 Å². The van der Waals surface area contributed by atoms with Crippen LogP contribution < -0.4 is 10.5 Å². The number of hydrogen-bond donors (Lipinski definition) is 0. The maximum atomic E-state index is 13.3. The van der Waals surface area contributed by atoms with E-state index in [2.05, 4.69) is 19.9 Å². The third-order valence-corrected chi connectivity index (χ3v) is 4.73. The molecule has 7 heteroatoms. The molecule has 0 aliphatic carbocycles. The molecule has 0 unspecified atom stereocenters. The summed E-state index contributed by atoms with van der Waals surface area (Å²) in [5.41, 5.74) is 0.292. The van der Waals surface area contributed by atoms with Crippen molar-refractivity contribution in [3.8, 4) is 0 Å². The van der Waals surface area contributed by atoms with Crippen LogP contribution >= 0.6 is 0 Å². The molecule has 4 rings (SSSR count). The number of anilines is 1. The maximum Gasteiger partial charge on any atom is 0.261 e. The largest absolute Gasteiger partial charge is 0.355 e. The van der Waals surface area contributed by atoms with Gasteiger partial charge in [-0.15, -0.1) is 0 Å². The molecule has 0 radical (unpaired) electrons. The zero-order valence-electron chi connectivity index (χ0n) is 13.7. The highest BCUT2D eigenvalue weighted by Gasteiger charge is 2.21. The van der Waals surface area contributed by atoms with Gasteiger partial charge in [0.05, 0.1) is 23.4 Å². The highest BCUT2D eigenvalue weighted by Crippen LogP contribution is 2.22. The second-order valence-corrected chi connectivity index (χ2v) is 6.36. The van der Waals surface area contributed by atoms with Gasteiger partial charge in [0.15, 0.2) is 0 Å². The fraction of sp³-hybridized carbons (Fsp3) is 0.333. The Morgan fingerprint density at radius 1 is 1.16 bits per heavy atom. The predicted octanol–water partition coefficient (Wildman–Crippen LogP) is 2.24. The topological polar surface area (TPSA) is 63.9 Å². The minimum absolute atomic E-state index is 0.110. The van der Waals surface area contributed by atoms with Crippen molar-refractivity contribution in [2.45, 2.75) is 19.4 Å². The van der Waals surface area contributed by atoms with Crippen molar-refractivity contribution in [3.63, 3.8) is 0 Å². The van der Waals surface area contributed by atoms with E-state index in [4.69, 9.17) is 0 Å². The number of piperidine rings is 1. The molecule has 3 heterocycles. The standard InChI is InChI=1S/C18H18FN5O/c19-14-1-2-15-16(9-14)22-12-24(18(15)25)11-13-3-7-23(8-4-13)17-10-20-5-6-21-17/h1-2,5-6,9-10,12-13H,3-4,7-8,11H2. The number of halogens is 1. The lowest BCUT2D eigenvalue weighted by molar-refractivity contribution is 0.351. The Morgan fingerprint density at radius 3 is 2.76 bits per heavy atom.